The van der Waals surface area contributed by atoms with E-state index in [-0.39, 0.29) is 18.1 Å². The zero-order valence-corrected chi connectivity index (χ0v) is 15.7. The number of rotatable bonds is 3. The summed E-state index contributed by atoms with van der Waals surface area (Å²) in [7, 11) is 0. The molecular formula is C21H18ClN3O2. The molecule has 0 unspecified atom stereocenters. The first kappa shape index (κ1) is 17.5. The Bertz CT molecular complexity index is 1050. The minimum Gasteiger partial charge on any atom is -0.310 e. The van der Waals surface area contributed by atoms with Crippen LogP contribution in [0.15, 0.2) is 48.5 Å². The van der Waals surface area contributed by atoms with E-state index in [4.69, 9.17) is 11.6 Å². The molecule has 3 aromatic rings. The summed E-state index contributed by atoms with van der Waals surface area (Å²) in [6.07, 6.45) is 0.0960. The molecule has 136 valence electrons. The van der Waals surface area contributed by atoms with Gasteiger partial charge in [-0.15, -0.1) is 0 Å². The molecule has 0 saturated carbocycles. The van der Waals surface area contributed by atoms with Crippen LogP contribution in [0.1, 0.15) is 39.5 Å². The standard InChI is InChI=1S/C21H18ClN3O2/c1-12-6-8-16(9-7-12)25-21-19(13(2)24-25)17(11-18(26)23-21)20(27)14-4-3-5-15(22)10-14/h3-10,17H,11H2,1-2H3,(H,23,26)/t17-/m1/s1. The van der Waals surface area contributed by atoms with Crippen LogP contribution in [-0.2, 0) is 4.79 Å². The van der Waals surface area contributed by atoms with Gasteiger partial charge in [-0.1, -0.05) is 41.4 Å². The van der Waals surface area contributed by atoms with E-state index in [1.165, 1.54) is 0 Å². The second-order valence-electron chi connectivity index (χ2n) is 6.77. The van der Waals surface area contributed by atoms with E-state index in [0.29, 0.717) is 16.4 Å². The molecule has 1 aromatic heterocycles. The molecule has 27 heavy (non-hydrogen) atoms. The monoisotopic (exact) mass is 379 g/mol. The molecular weight excluding hydrogens is 362 g/mol. The molecule has 1 aliphatic rings. The van der Waals surface area contributed by atoms with Crippen molar-refractivity contribution in [1.29, 1.82) is 0 Å². The van der Waals surface area contributed by atoms with Crippen LogP contribution in [0.3, 0.4) is 0 Å². The lowest BCUT2D eigenvalue weighted by Crippen LogP contribution is -2.28. The Morgan fingerprint density at radius 3 is 2.63 bits per heavy atom. The van der Waals surface area contributed by atoms with Gasteiger partial charge in [-0.25, -0.2) is 4.68 Å². The van der Waals surface area contributed by atoms with Crippen molar-refractivity contribution in [3.63, 3.8) is 0 Å². The lowest BCUT2D eigenvalue weighted by molar-refractivity contribution is -0.116. The van der Waals surface area contributed by atoms with Crippen molar-refractivity contribution in [2.75, 3.05) is 5.32 Å². The maximum atomic E-state index is 13.1. The number of aryl methyl sites for hydroxylation is 2. The Labute approximate surface area is 162 Å². The Balaban J connectivity index is 1.82. The van der Waals surface area contributed by atoms with Gasteiger partial charge >= 0.3 is 0 Å². The number of benzene rings is 2. The smallest absolute Gasteiger partial charge is 0.226 e. The highest BCUT2D eigenvalue weighted by Crippen LogP contribution is 2.38. The van der Waals surface area contributed by atoms with E-state index < -0.39 is 5.92 Å². The SMILES string of the molecule is Cc1ccc(-n2nc(C)c3c2NC(=O)C[C@H]3C(=O)c2cccc(Cl)c2)cc1. The fourth-order valence-electron chi connectivity index (χ4n) is 3.49. The van der Waals surface area contributed by atoms with Crippen LogP contribution in [0.5, 0.6) is 0 Å². The number of aromatic nitrogens is 2. The van der Waals surface area contributed by atoms with E-state index in [0.717, 1.165) is 22.5 Å². The van der Waals surface area contributed by atoms with Gasteiger partial charge in [-0.3, -0.25) is 9.59 Å². The quantitative estimate of drug-likeness (QED) is 0.684. The molecule has 4 rings (SSSR count). The molecule has 1 atom stereocenters. The van der Waals surface area contributed by atoms with Crippen LogP contribution in [0.2, 0.25) is 5.02 Å². The third-order valence-corrected chi connectivity index (χ3v) is 5.04. The molecule has 1 N–H and O–H groups in total. The fourth-order valence-corrected chi connectivity index (χ4v) is 3.68. The van der Waals surface area contributed by atoms with Crippen molar-refractivity contribution in [3.05, 3.63) is 75.9 Å². The number of ketones is 1. The Morgan fingerprint density at radius 2 is 1.93 bits per heavy atom. The molecule has 0 saturated heterocycles. The molecule has 1 aliphatic heterocycles. The number of nitrogens with one attached hydrogen (secondary N) is 1. The third-order valence-electron chi connectivity index (χ3n) is 4.81. The van der Waals surface area contributed by atoms with Crippen molar-refractivity contribution >= 4 is 29.1 Å². The zero-order valence-electron chi connectivity index (χ0n) is 15.0. The van der Waals surface area contributed by atoms with E-state index in [1.807, 2.05) is 38.1 Å². The average molecular weight is 380 g/mol. The van der Waals surface area contributed by atoms with E-state index in [1.54, 1.807) is 28.9 Å². The molecule has 5 nitrogen and oxygen atoms in total. The molecule has 2 heterocycles. The van der Waals surface area contributed by atoms with Crippen LogP contribution >= 0.6 is 11.6 Å². The molecule has 2 aromatic carbocycles. The van der Waals surface area contributed by atoms with Gasteiger partial charge in [-0.05, 0) is 38.1 Å². The summed E-state index contributed by atoms with van der Waals surface area (Å²) >= 11 is 6.04. The second-order valence-corrected chi connectivity index (χ2v) is 7.21. The van der Waals surface area contributed by atoms with E-state index >= 15 is 0 Å². The predicted octanol–water partition coefficient (Wildman–Crippen LogP) is 4.45. The number of carbonyl (C=O) groups excluding carboxylic acids is 2. The highest BCUT2D eigenvalue weighted by molar-refractivity contribution is 6.31. The lowest BCUT2D eigenvalue weighted by Gasteiger charge is -2.23. The van der Waals surface area contributed by atoms with Crippen LogP contribution in [0.25, 0.3) is 5.69 Å². The summed E-state index contributed by atoms with van der Waals surface area (Å²) < 4.78 is 1.69. The van der Waals surface area contributed by atoms with Gasteiger partial charge in [0.1, 0.15) is 5.82 Å². The van der Waals surface area contributed by atoms with Gasteiger partial charge in [0.15, 0.2) is 5.78 Å². The molecule has 0 radical (unpaired) electrons. The van der Waals surface area contributed by atoms with Crippen molar-refractivity contribution in [2.24, 2.45) is 0 Å². The van der Waals surface area contributed by atoms with Gasteiger partial charge in [-0.2, -0.15) is 5.10 Å². The Hall–Kier alpha value is -2.92. The largest absolute Gasteiger partial charge is 0.310 e. The average Bonchev–Trinajstić information content (AvgIpc) is 2.97. The first-order chi connectivity index (χ1) is 12.9. The molecule has 0 fully saturated rings. The van der Waals surface area contributed by atoms with Crippen molar-refractivity contribution < 1.29 is 9.59 Å². The topological polar surface area (TPSA) is 64.0 Å². The summed E-state index contributed by atoms with van der Waals surface area (Å²) in [5.74, 6) is -0.337. The number of halogens is 1. The number of Topliss-reactive ketones (excluding diaryl/α,β-unsaturated/α-hetero) is 1. The highest BCUT2D eigenvalue weighted by Gasteiger charge is 2.36. The first-order valence-corrected chi connectivity index (χ1v) is 9.08. The predicted molar refractivity (Wildman–Crippen MR) is 105 cm³/mol. The number of carbonyl (C=O) groups is 2. The maximum Gasteiger partial charge on any atom is 0.226 e. The lowest BCUT2D eigenvalue weighted by atomic mass is 9.85. The minimum absolute atomic E-state index is 0.0960. The summed E-state index contributed by atoms with van der Waals surface area (Å²) in [6, 6.07) is 14.7. The van der Waals surface area contributed by atoms with Crippen molar-refractivity contribution in [1.82, 2.24) is 9.78 Å². The van der Waals surface area contributed by atoms with Gasteiger partial charge in [0, 0.05) is 22.6 Å². The van der Waals surface area contributed by atoms with Crippen LogP contribution < -0.4 is 5.32 Å². The number of hydrogen-bond donors (Lipinski definition) is 1. The Kier molecular flexibility index (Phi) is 4.32. The summed E-state index contributed by atoms with van der Waals surface area (Å²) in [5.41, 5.74) is 3.96. The normalized spacial score (nSPS) is 16.0. The van der Waals surface area contributed by atoms with Crippen LogP contribution in [0.4, 0.5) is 5.82 Å². The molecule has 0 spiro atoms. The van der Waals surface area contributed by atoms with Crippen LogP contribution in [-0.4, -0.2) is 21.5 Å². The van der Waals surface area contributed by atoms with E-state index in [2.05, 4.69) is 10.4 Å². The third kappa shape index (κ3) is 3.15. The van der Waals surface area contributed by atoms with Gasteiger partial charge < -0.3 is 5.32 Å². The number of fused-ring (bicyclic) bond motifs is 1. The number of anilines is 1. The zero-order chi connectivity index (χ0) is 19.1. The Morgan fingerprint density at radius 1 is 1.19 bits per heavy atom. The number of amides is 1. The second kappa shape index (κ2) is 6.67. The van der Waals surface area contributed by atoms with Gasteiger partial charge in [0.25, 0.3) is 0 Å². The maximum absolute atomic E-state index is 13.1. The minimum atomic E-state index is -0.577. The van der Waals surface area contributed by atoms with Gasteiger partial charge in [0.05, 0.1) is 17.3 Å². The molecule has 0 bridgehead atoms. The van der Waals surface area contributed by atoms with E-state index in [9.17, 15) is 9.59 Å². The molecule has 1 amide bonds. The van der Waals surface area contributed by atoms with Crippen LogP contribution in [0, 0.1) is 13.8 Å². The summed E-state index contributed by atoms with van der Waals surface area (Å²) in [5, 5.41) is 7.98. The van der Waals surface area contributed by atoms with Gasteiger partial charge in [0.2, 0.25) is 5.91 Å². The van der Waals surface area contributed by atoms with Crippen molar-refractivity contribution in [3.8, 4) is 5.69 Å². The first-order valence-electron chi connectivity index (χ1n) is 8.70. The van der Waals surface area contributed by atoms with Crippen molar-refractivity contribution in [2.45, 2.75) is 26.2 Å². The highest BCUT2D eigenvalue weighted by atomic mass is 35.5. The summed E-state index contributed by atoms with van der Waals surface area (Å²) in [4.78, 5) is 25.5. The number of hydrogen-bond acceptors (Lipinski definition) is 3. The number of nitrogens with zero attached hydrogens (tertiary/aromatic N) is 2. The molecule has 0 aliphatic carbocycles. The fraction of sp³-hybridized carbons (Fsp3) is 0.190. The molecule has 6 heteroatoms. The summed E-state index contributed by atoms with van der Waals surface area (Å²) in [6.45, 7) is 3.87.